The van der Waals surface area contributed by atoms with E-state index in [0.29, 0.717) is 34.7 Å². The Balaban J connectivity index is 2.06. The van der Waals surface area contributed by atoms with Gasteiger partial charge >= 0.3 is 5.97 Å². The number of ether oxygens (including phenoxy) is 4. The molecule has 1 atom stereocenters. The molecular weight excluding hydrogens is 500 g/mol. The molecule has 3 rings (SSSR count). The van der Waals surface area contributed by atoms with Crippen LogP contribution in [-0.2, 0) is 20.9 Å². The minimum Gasteiger partial charge on any atom is -0.490 e. The fraction of sp³-hybridized carbons (Fsp3) is 0.308. The largest absolute Gasteiger partial charge is 0.490 e. The molecule has 0 aliphatic carbocycles. The maximum absolute atomic E-state index is 12.8. The van der Waals surface area contributed by atoms with E-state index in [0.717, 1.165) is 5.56 Å². The first-order chi connectivity index (χ1) is 16.3. The van der Waals surface area contributed by atoms with Gasteiger partial charge in [-0.25, -0.2) is 4.79 Å². The number of nitrogens with zero attached hydrogens (tertiary/aromatic N) is 1. The Morgan fingerprint density at radius 3 is 2.41 bits per heavy atom. The highest BCUT2D eigenvalue weighted by molar-refractivity contribution is 9.10. The molecule has 1 aliphatic heterocycles. The molecule has 0 radical (unpaired) electrons. The number of rotatable bonds is 8. The molecule has 0 saturated heterocycles. The van der Waals surface area contributed by atoms with E-state index in [1.54, 1.807) is 26.0 Å². The van der Waals surface area contributed by atoms with Crippen LogP contribution in [0.3, 0.4) is 0 Å². The van der Waals surface area contributed by atoms with Crippen molar-refractivity contribution in [2.45, 2.75) is 40.2 Å². The SMILES string of the molecule is CCOC(=O)C1=C(C)OC(N)=C(C#N)C1c1cc(OCC)c(OCc2ccc(C)cc2)cc1Br. The topological polar surface area (TPSA) is 104 Å². The highest BCUT2D eigenvalue weighted by Gasteiger charge is 2.38. The van der Waals surface area contributed by atoms with Gasteiger partial charge in [-0.2, -0.15) is 5.26 Å². The lowest BCUT2D eigenvalue weighted by molar-refractivity contribution is -0.139. The van der Waals surface area contributed by atoms with Crippen LogP contribution < -0.4 is 15.2 Å². The molecule has 1 unspecified atom stereocenters. The molecule has 1 aliphatic rings. The smallest absolute Gasteiger partial charge is 0.338 e. The van der Waals surface area contributed by atoms with Gasteiger partial charge in [0.05, 0.1) is 24.7 Å². The first kappa shape index (κ1) is 25.2. The fourth-order valence-electron chi connectivity index (χ4n) is 3.66. The lowest BCUT2D eigenvalue weighted by Crippen LogP contribution is -2.25. The van der Waals surface area contributed by atoms with Crippen LogP contribution in [-0.4, -0.2) is 19.2 Å². The number of carbonyl (C=O) groups is 1. The minimum atomic E-state index is -0.794. The van der Waals surface area contributed by atoms with Crippen LogP contribution in [0.2, 0.25) is 0 Å². The number of carbonyl (C=O) groups excluding carboxylic acids is 1. The summed E-state index contributed by atoms with van der Waals surface area (Å²) in [4.78, 5) is 12.8. The molecule has 2 aromatic rings. The highest BCUT2D eigenvalue weighted by Crippen LogP contribution is 2.45. The Hall–Kier alpha value is -3.44. The molecule has 0 aromatic heterocycles. The second-order valence-corrected chi connectivity index (χ2v) is 8.50. The number of hydrogen-bond donors (Lipinski definition) is 1. The lowest BCUT2D eigenvalue weighted by atomic mass is 9.83. The second kappa shape index (κ2) is 11.1. The van der Waals surface area contributed by atoms with Gasteiger partial charge in [-0.3, -0.25) is 0 Å². The average Bonchev–Trinajstić information content (AvgIpc) is 2.80. The van der Waals surface area contributed by atoms with Crippen molar-refractivity contribution in [3.05, 3.63) is 80.3 Å². The summed E-state index contributed by atoms with van der Waals surface area (Å²) >= 11 is 3.59. The van der Waals surface area contributed by atoms with E-state index in [4.69, 9.17) is 24.7 Å². The fourth-order valence-corrected chi connectivity index (χ4v) is 4.22. The van der Waals surface area contributed by atoms with Gasteiger partial charge in [0.2, 0.25) is 5.88 Å². The van der Waals surface area contributed by atoms with Gasteiger partial charge < -0.3 is 24.7 Å². The van der Waals surface area contributed by atoms with Gasteiger partial charge in [-0.1, -0.05) is 45.8 Å². The average molecular weight is 527 g/mol. The molecule has 2 aromatic carbocycles. The first-order valence-electron chi connectivity index (χ1n) is 10.9. The van der Waals surface area contributed by atoms with Crippen LogP contribution in [0, 0.1) is 18.3 Å². The van der Waals surface area contributed by atoms with Gasteiger partial charge in [-0.05, 0) is 51.0 Å². The third-order valence-corrected chi connectivity index (χ3v) is 5.98. The summed E-state index contributed by atoms with van der Waals surface area (Å²) in [6, 6.07) is 13.7. The number of benzene rings is 2. The quantitative estimate of drug-likeness (QED) is 0.460. The minimum absolute atomic E-state index is 0.0531. The zero-order chi connectivity index (χ0) is 24.8. The van der Waals surface area contributed by atoms with Crippen molar-refractivity contribution < 1.29 is 23.7 Å². The molecule has 0 spiro atoms. The molecule has 1 heterocycles. The van der Waals surface area contributed by atoms with Crippen molar-refractivity contribution in [3.8, 4) is 17.6 Å². The van der Waals surface area contributed by atoms with E-state index in [1.165, 1.54) is 5.56 Å². The predicted molar refractivity (Wildman–Crippen MR) is 131 cm³/mol. The van der Waals surface area contributed by atoms with E-state index in [9.17, 15) is 10.1 Å². The third-order valence-electron chi connectivity index (χ3n) is 5.29. The Morgan fingerprint density at radius 1 is 1.12 bits per heavy atom. The molecule has 0 saturated carbocycles. The predicted octanol–water partition coefficient (Wildman–Crippen LogP) is 5.38. The van der Waals surface area contributed by atoms with Gasteiger partial charge in [0.15, 0.2) is 11.5 Å². The van der Waals surface area contributed by atoms with Crippen LogP contribution in [0.15, 0.2) is 63.7 Å². The van der Waals surface area contributed by atoms with Crippen LogP contribution in [0.5, 0.6) is 11.5 Å². The van der Waals surface area contributed by atoms with Crippen molar-refractivity contribution >= 4 is 21.9 Å². The number of nitriles is 1. The third kappa shape index (κ3) is 5.37. The number of allylic oxidation sites excluding steroid dienone is 2. The molecule has 8 heteroatoms. The Kier molecular flexibility index (Phi) is 8.24. The summed E-state index contributed by atoms with van der Waals surface area (Å²) < 4.78 is 23.3. The summed E-state index contributed by atoms with van der Waals surface area (Å²) in [6.45, 7) is 8.17. The molecule has 178 valence electrons. The number of halogens is 1. The van der Waals surface area contributed by atoms with Gasteiger partial charge in [0.1, 0.15) is 24.0 Å². The number of aryl methyl sites for hydroxylation is 1. The maximum atomic E-state index is 12.8. The molecule has 7 nitrogen and oxygen atoms in total. The Labute approximate surface area is 207 Å². The van der Waals surface area contributed by atoms with Gasteiger partial charge in [0.25, 0.3) is 0 Å². The zero-order valence-electron chi connectivity index (χ0n) is 19.6. The number of hydrogen-bond acceptors (Lipinski definition) is 7. The zero-order valence-corrected chi connectivity index (χ0v) is 21.2. The Morgan fingerprint density at radius 2 is 1.79 bits per heavy atom. The summed E-state index contributed by atoms with van der Waals surface area (Å²) in [5, 5.41) is 9.84. The number of nitrogens with two attached hydrogens (primary N) is 1. The molecule has 0 amide bonds. The van der Waals surface area contributed by atoms with E-state index >= 15 is 0 Å². The Bertz CT molecular complexity index is 1180. The van der Waals surface area contributed by atoms with Crippen molar-refractivity contribution in [2.75, 3.05) is 13.2 Å². The van der Waals surface area contributed by atoms with E-state index in [1.807, 2.05) is 38.1 Å². The lowest BCUT2D eigenvalue weighted by Gasteiger charge is -2.28. The van der Waals surface area contributed by atoms with Crippen LogP contribution in [0.25, 0.3) is 0 Å². The second-order valence-electron chi connectivity index (χ2n) is 7.64. The molecule has 0 bridgehead atoms. The van der Waals surface area contributed by atoms with E-state index in [-0.39, 0.29) is 29.4 Å². The van der Waals surface area contributed by atoms with Crippen molar-refractivity contribution in [3.63, 3.8) is 0 Å². The van der Waals surface area contributed by atoms with Crippen LogP contribution in [0.4, 0.5) is 0 Å². The molecule has 0 fully saturated rings. The van der Waals surface area contributed by atoms with Crippen molar-refractivity contribution in [1.29, 1.82) is 5.26 Å². The van der Waals surface area contributed by atoms with Crippen molar-refractivity contribution in [1.82, 2.24) is 0 Å². The molecular formula is C26H27BrN2O5. The normalized spacial score (nSPS) is 15.5. The summed E-state index contributed by atoms with van der Waals surface area (Å²) in [5.41, 5.74) is 9.14. The highest BCUT2D eigenvalue weighted by atomic mass is 79.9. The van der Waals surface area contributed by atoms with E-state index in [2.05, 4.69) is 22.0 Å². The monoisotopic (exact) mass is 526 g/mol. The standard InChI is InChI=1S/C26H27BrN2O5/c1-5-31-21-11-18(20(27)12-22(21)33-14-17-9-7-15(3)8-10-17)24-19(13-28)25(29)34-16(4)23(24)26(30)32-6-2/h7-12,24H,5-6,14,29H2,1-4H3. The summed E-state index contributed by atoms with van der Waals surface area (Å²) in [5.74, 6) is -0.130. The van der Waals surface area contributed by atoms with Crippen LogP contribution in [0.1, 0.15) is 43.4 Å². The number of esters is 1. The first-order valence-corrected chi connectivity index (χ1v) is 11.7. The maximum Gasteiger partial charge on any atom is 0.338 e. The summed E-state index contributed by atoms with van der Waals surface area (Å²) in [6.07, 6.45) is 0. The van der Waals surface area contributed by atoms with Crippen LogP contribution >= 0.6 is 15.9 Å². The summed E-state index contributed by atoms with van der Waals surface area (Å²) in [7, 11) is 0. The van der Waals surface area contributed by atoms with Gasteiger partial charge in [0, 0.05) is 4.47 Å². The van der Waals surface area contributed by atoms with E-state index < -0.39 is 11.9 Å². The molecule has 2 N–H and O–H groups in total. The van der Waals surface area contributed by atoms with Gasteiger partial charge in [-0.15, -0.1) is 0 Å². The van der Waals surface area contributed by atoms with Crippen molar-refractivity contribution in [2.24, 2.45) is 5.73 Å². The molecule has 34 heavy (non-hydrogen) atoms.